The summed E-state index contributed by atoms with van der Waals surface area (Å²) < 4.78 is 57.6. The average Bonchev–Trinajstić information content (AvgIpc) is 2.54. The number of halogens is 4. The second kappa shape index (κ2) is 8.64. The van der Waals surface area contributed by atoms with Crippen LogP contribution in [0.15, 0.2) is 30.5 Å². The molecule has 0 spiro atoms. The predicted molar refractivity (Wildman–Crippen MR) is 86.4 cm³/mol. The summed E-state index contributed by atoms with van der Waals surface area (Å²) in [5.41, 5.74) is -0.707. The second-order valence-electron chi connectivity index (χ2n) is 5.45. The molecule has 25 heavy (non-hydrogen) atoms. The molecule has 0 amide bonds. The third-order valence-corrected chi connectivity index (χ3v) is 3.38. The van der Waals surface area contributed by atoms with Crippen molar-refractivity contribution in [3.05, 3.63) is 41.8 Å². The van der Waals surface area contributed by atoms with Crippen LogP contribution in [0.25, 0.3) is 0 Å². The number of aromatic nitrogens is 2. The van der Waals surface area contributed by atoms with E-state index in [-0.39, 0.29) is 12.6 Å². The first-order valence-electron chi connectivity index (χ1n) is 7.99. The minimum absolute atomic E-state index is 0.0952. The van der Waals surface area contributed by atoms with E-state index < -0.39 is 23.4 Å². The molecular weight excluding hydrogens is 338 g/mol. The van der Waals surface area contributed by atoms with Crippen LogP contribution < -0.4 is 10.1 Å². The van der Waals surface area contributed by atoms with Gasteiger partial charge in [-0.15, -0.1) is 0 Å². The van der Waals surface area contributed by atoms with Gasteiger partial charge in [-0.1, -0.05) is 32.3 Å². The van der Waals surface area contributed by atoms with E-state index in [1.807, 2.05) is 6.92 Å². The number of nitrogens with one attached hydrogen (secondary N) is 1. The van der Waals surface area contributed by atoms with Gasteiger partial charge in [-0.3, -0.25) is 0 Å². The van der Waals surface area contributed by atoms with Crippen LogP contribution in [0.3, 0.4) is 0 Å². The molecule has 0 saturated heterocycles. The standard InChI is InChI=1S/C17H19F4N3O/c1-2-3-4-5-9-25-15-14(17(19,20)21)11-22-16(24-15)23-13-8-6-7-12(18)10-13/h6-8,10-11H,2-5,9H2,1H3,(H,22,23,24). The van der Waals surface area contributed by atoms with Crippen LogP contribution in [0, 0.1) is 5.82 Å². The molecule has 1 aromatic carbocycles. The van der Waals surface area contributed by atoms with E-state index in [1.54, 1.807) is 6.07 Å². The summed E-state index contributed by atoms with van der Waals surface area (Å²) in [6, 6.07) is 5.46. The summed E-state index contributed by atoms with van der Waals surface area (Å²) in [6.45, 7) is 2.18. The minimum Gasteiger partial charge on any atom is -0.477 e. The first-order chi connectivity index (χ1) is 11.9. The number of hydrogen-bond donors (Lipinski definition) is 1. The van der Waals surface area contributed by atoms with Gasteiger partial charge >= 0.3 is 6.18 Å². The maximum Gasteiger partial charge on any atom is 0.423 e. The first-order valence-corrected chi connectivity index (χ1v) is 7.99. The van der Waals surface area contributed by atoms with Gasteiger partial charge in [0.15, 0.2) is 0 Å². The number of anilines is 2. The molecule has 1 N–H and O–H groups in total. The van der Waals surface area contributed by atoms with Crippen molar-refractivity contribution in [1.82, 2.24) is 9.97 Å². The quantitative estimate of drug-likeness (QED) is 0.512. The Morgan fingerprint density at radius 2 is 1.96 bits per heavy atom. The minimum atomic E-state index is -4.61. The molecule has 0 radical (unpaired) electrons. The topological polar surface area (TPSA) is 47.0 Å². The molecule has 2 aromatic rings. The average molecular weight is 357 g/mol. The van der Waals surface area contributed by atoms with Crippen molar-refractivity contribution in [2.75, 3.05) is 11.9 Å². The Bertz CT molecular complexity index is 692. The summed E-state index contributed by atoms with van der Waals surface area (Å²) in [5.74, 6) is -1.11. The van der Waals surface area contributed by atoms with E-state index >= 15 is 0 Å². The normalized spacial score (nSPS) is 11.4. The molecule has 8 heteroatoms. The van der Waals surface area contributed by atoms with Gasteiger partial charge in [-0.2, -0.15) is 18.2 Å². The Morgan fingerprint density at radius 1 is 1.16 bits per heavy atom. The molecule has 0 atom stereocenters. The van der Waals surface area contributed by atoms with Crippen LogP contribution in [0.4, 0.5) is 29.2 Å². The summed E-state index contributed by atoms with van der Waals surface area (Å²) in [6.07, 6.45) is -0.431. The fourth-order valence-corrected chi connectivity index (χ4v) is 2.12. The van der Waals surface area contributed by atoms with Gasteiger partial charge in [0.1, 0.15) is 11.4 Å². The molecule has 1 heterocycles. The Hall–Kier alpha value is -2.38. The Labute approximate surface area is 143 Å². The van der Waals surface area contributed by atoms with Crippen LogP contribution in [-0.2, 0) is 6.18 Å². The van der Waals surface area contributed by atoms with Gasteiger partial charge in [0.05, 0.1) is 6.61 Å². The molecule has 0 aliphatic rings. The number of benzene rings is 1. The maximum atomic E-state index is 13.2. The summed E-state index contributed by atoms with van der Waals surface area (Å²) in [7, 11) is 0. The van der Waals surface area contributed by atoms with E-state index in [9.17, 15) is 17.6 Å². The molecule has 1 aromatic heterocycles. The lowest BCUT2D eigenvalue weighted by atomic mass is 10.2. The van der Waals surface area contributed by atoms with Gasteiger partial charge < -0.3 is 10.1 Å². The van der Waals surface area contributed by atoms with Gasteiger partial charge in [0.25, 0.3) is 0 Å². The van der Waals surface area contributed by atoms with Crippen molar-refractivity contribution in [3.63, 3.8) is 0 Å². The molecule has 0 saturated carbocycles. The number of hydrogen-bond acceptors (Lipinski definition) is 4. The summed E-state index contributed by atoms with van der Waals surface area (Å²) in [4.78, 5) is 7.44. The highest BCUT2D eigenvalue weighted by atomic mass is 19.4. The first kappa shape index (κ1) is 19.0. The van der Waals surface area contributed by atoms with Crippen LogP contribution in [-0.4, -0.2) is 16.6 Å². The Morgan fingerprint density at radius 3 is 2.64 bits per heavy atom. The van der Waals surface area contributed by atoms with Crippen LogP contribution >= 0.6 is 0 Å². The SMILES string of the molecule is CCCCCCOc1nc(Nc2cccc(F)c2)ncc1C(F)(F)F. The number of rotatable bonds is 8. The van der Waals surface area contributed by atoms with E-state index in [0.29, 0.717) is 18.3 Å². The molecule has 2 rings (SSSR count). The largest absolute Gasteiger partial charge is 0.477 e. The van der Waals surface area contributed by atoms with Gasteiger partial charge in [0, 0.05) is 11.9 Å². The van der Waals surface area contributed by atoms with Gasteiger partial charge in [0.2, 0.25) is 11.8 Å². The van der Waals surface area contributed by atoms with E-state index in [4.69, 9.17) is 4.74 Å². The highest BCUT2D eigenvalue weighted by Gasteiger charge is 2.36. The van der Waals surface area contributed by atoms with Crippen molar-refractivity contribution in [1.29, 1.82) is 0 Å². The number of nitrogens with zero attached hydrogens (tertiary/aromatic N) is 2. The van der Waals surface area contributed by atoms with Crippen molar-refractivity contribution in [3.8, 4) is 5.88 Å². The van der Waals surface area contributed by atoms with Crippen molar-refractivity contribution < 1.29 is 22.3 Å². The lowest BCUT2D eigenvalue weighted by Gasteiger charge is -2.14. The van der Waals surface area contributed by atoms with Gasteiger partial charge in [-0.25, -0.2) is 9.37 Å². The molecule has 4 nitrogen and oxygen atoms in total. The fraction of sp³-hybridized carbons (Fsp3) is 0.412. The molecule has 0 aliphatic heterocycles. The number of alkyl halides is 3. The molecule has 0 fully saturated rings. The molecule has 0 bridgehead atoms. The van der Waals surface area contributed by atoms with Crippen LogP contribution in [0.2, 0.25) is 0 Å². The third kappa shape index (κ3) is 5.88. The molecule has 0 unspecified atom stereocenters. The number of ether oxygens (including phenoxy) is 1. The third-order valence-electron chi connectivity index (χ3n) is 3.38. The maximum absolute atomic E-state index is 13.2. The van der Waals surface area contributed by atoms with Crippen molar-refractivity contribution in [2.24, 2.45) is 0 Å². The lowest BCUT2D eigenvalue weighted by molar-refractivity contribution is -0.139. The Kier molecular flexibility index (Phi) is 6.55. The zero-order valence-corrected chi connectivity index (χ0v) is 13.7. The predicted octanol–water partition coefficient (Wildman–Crippen LogP) is 5.34. The summed E-state index contributed by atoms with van der Waals surface area (Å²) in [5, 5.41) is 2.66. The van der Waals surface area contributed by atoms with Crippen molar-refractivity contribution >= 4 is 11.6 Å². The lowest BCUT2D eigenvalue weighted by Crippen LogP contribution is -2.13. The second-order valence-corrected chi connectivity index (χ2v) is 5.45. The van der Waals surface area contributed by atoms with Crippen LogP contribution in [0.5, 0.6) is 5.88 Å². The van der Waals surface area contributed by atoms with Crippen molar-refractivity contribution in [2.45, 2.75) is 38.8 Å². The molecule has 136 valence electrons. The van der Waals surface area contributed by atoms with E-state index in [2.05, 4.69) is 15.3 Å². The molecular formula is C17H19F4N3O. The Balaban J connectivity index is 2.15. The fourth-order valence-electron chi connectivity index (χ4n) is 2.12. The highest BCUT2D eigenvalue weighted by Crippen LogP contribution is 2.35. The smallest absolute Gasteiger partial charge is 0.423 e. The monoisotopic (exact) mass is 357 g/mol. The highest BCUT2D eigenvalue weighted by molar-refractivity contribution is 5.53. The number of unbranched alkanes of at least 4 members (excludes halogenated alkanes) is 3. The zero-order valence-electron chi connectivity index (χ0n) is 13.7. The van der Waals surface area contributed by atoms with E-state index in [1.165, 1.54) is 18.2 Å². The van der Waals surface area contributed by atoms with E-state index in [0.717, 1.165) is 19.3 Å². The molecule has 0 aliphatic carbocycles. The van der Waals surface area contributed by atoms with Gasteiger partial charge in [-0.05, 0) is 24.6 Å². The zero-order chi connectivity index (χ0) is 18.3. The summed E-state index contributed by atoms with van der Waals surface area (Å²) >= 11 is 0. The van der Waals surface area contributed by atoms with Crippen LogP contribution in [0.1, 0.15) is 38.2 Å².